The second-order valence-corrected chi connectivity index (χ2v) is 13.9. The number of thioether (sulfide) groups is 1. The van der Waals surface area contributed by atoms with Gasteiger partial charge in [0.25, 0.3) is 10.0 Å². The van der Waals surface area contributed by atoms with Crippen LogP contribution in [0.3, 0.4) is 0 Å². The molecular formula is C34H43N3O4S2. The number of anilines is 1. The van der Waals surface area contributed by atoms with Crippen molar-refractivity contribution in [2.75, 3.05) is 23.7 Å². The largest absolute Gasteiger partial charge is 0.352 e. The van der Waals surface area contributed by atoms with Crippen LogP contribution in [0, 0.1) is 6.92 Å². The van der Waals surface area contributed by atoms with E-state index in [0.29, 0.717) is 25.1 Å². The third kappa shape index (κ3) is 8.63. The minimum atomic E-state index is -4.09. The fourth-order valence-electron chi connectivity index (χ4n) is 5.55. The van der Waals surface area contributed by atoms with Gasteiger partial charge in [-0.25, -0.2) is 8.42 Å². The Labute approximate surface area is 261 Å². The molecule has 0 heterocycles. The number of hydrogen-bond donors (Lipinski definition) is 1. The second kappa shape index (κ2) is 15.4. The Morgan fingerprint density at radius 1 is 0.930 bits per heavy atom. The second-order valence-electron chi connectivity index (χ2n) is 11.1. The van der Waals surface area contributed by atoms with Gasteiger partial charge < -0.3 is 10.2 Å². The molecule has 0 unspecified atom stereocenters. The molecule has 1 atom stereocenters. The molecule has 0 spiro atoms. The molecule has 1 saturated carbocycles. The molecule has 2 amide bonds. The van der Waals surface area contributed by atoms with Crippen LogP contribution in [0.15, 0.2) is 88.7 Å². The van der Waals surface area contributed by atoms with E-state index < -0.39 is 28.5 Å². The molecule has 3 aromatic carbocycles. The molecule has 43 heavy (non-hydrogen) atoms. The third-order valence-electron chi connectivity index (χ3n) is 8.07. The van der Waals surface area contributed by atoms with Crippen LogP contribution in [0.4, 0.5) is 5.69 Å². The molecule has 1 fully saturated rings. The van der Waals surface area contributed by atoms with E-state index in [-0.39, 0.29) is 16.8 Å². The highest BCUT2D eigenvalue weighted by Gasteiger charge is 2.34. The molecule has 0 aliphatic heterocycles. The summed E-state index contributed by atoms with van der Waals surface area (Å²) in [7, 11) is -4.09. The van der Waals surface area contributed by atoms with Crippen molar-refractivity contribution in [2.45, 2.75) is 80.7 Å². The van der Waals surface area contributed by atoms with Gasteiger partial charge in [0.2, 0.25) is 11.8 Å². The molecular weight excluding hydrogens is 579 g/mol. The summed E-state index contributed by atoms with van der Waals surface area (Å²) in [5.74, 6) is -0.584. The smallest absolute Gasteiger partial charge is 0.264 e. The van der Waals surface area contributed by atoms with Crippen LogP contribution < -0.4 is 9.62 Å². The Morgan fingerprint density at radius 2 is 1.58 bits per heavy atom. The van der Waals surface area contributed by atoms with Crippen LogP contribution in [0.5, 0.6) is 0 Å². The number of rotatable bonds is 13. The molecule has 230 valence electrons. The van der Waals surface area contributed by atoms with Gasteiger partial charge in [-0.3, -0.25) is 13.9 Å². The molecule has 1 N–H and O–H groups in total. The lowest BCUT2D eigenvalue weighted by molar-refractivity contribution is -0.140. The number of hydrogen-bond acceptors (Lipinski definition) is 5. The number of amides is 2. The van der Waals surface area contributed by atoms with Crippen LogP contribution in [0.2, 0.25) is 0 Å². The summed E-state index contributed by atoms with van der Waals surface area (Å²) >= 11 is 1.53. The van der Waals surface area contributed by atoms with Gasteiger partial charge in [-0.2, -0.15) is 0 Å². The zero-order valence-corrected chi connectivity index (χ0v) is 27.0. The molecule has 0 bridgehead atoms. The van der Waals surface area contributed by atoms with E-state index in [4.69, 9.17) is 0 Å². The maximum Gasteiger partial charge on any atom is 0.264 e. The van der Waals surface area contributed by atoms with Gasteiger partial charge >= 0.3 is 0 Å². The van der Waals surface area contributed by atoms with E-state index in [0.717, 1.165) is 41.7 Å². The number of nitrogens with one attached hydrogen (secondary N) is 1. The van der Waals surface area contributed by atoms with E-state index in [1.807, 2.05) is 62.6 Å². The van der Waals surface area contributed by atoms with Crippen molar-refractivity contribution >= 4 is 39.3 Å². The van der Waals surface area contributed by atoms with Crippen molar-refractivity contribution in [3.05, 3.63) is 90.0 Å². The van der Waals surface area contributed by atoms with E-state index in [2.05, 4.69) is 5.32 Å². The maximum atomic E-state index is 14.2. The van der Waals surface area contributed by atoms with Crippen LogP contribution in [0.1, 0.15) is 56.6 Å². The topological polar surface area (TPSA) is 86.8 Å². The van der Waals surface area contributed by atoms with Crippen molar-refractivity contribution in [2.24, 2.45) is 0 Å². The summed E-state index contributed by atoms with van der Waals surface area (Å²) in [6.07, 6.45) is 8.12. The first-order chi connectivity index (χ1) is 20.7. The number of nitrogens with zero attached hydrogens (tertiary/aromatic N) is 2. The zero-order valence-electron chi connectivity index (χ0n) is 25.4. The van der Waals surface area contributed by atoms with Gasteiger partial charge in [0.1, 0.15) is 12.6 Å². The van der Waals surface area contributed by atoms with E-state index in [1.165, 1.54) is 22.5 Å². The summed E-state index contributed by atoms with van der Waals surface area (Å²) in [6, 6.07) is 23.0. The molecule has 7 nitrogen and oxygen atoms in total. The standard InChI is InChI=1S/C34H43N3O4S2/c1-4-32(34(39)35-28-13-9-6-10-14-28)36(24-23-27-11-7-5-8-12-27)33(38)25-37(29-17-15-26(2)16-18-29)43(40,41)31-21-19-30(42-3)20-22-31/h5,7-8,11-12,15-22,28,32H,4,6,9-10,13-14,23-25H2,1-3H3,(H,35,39)/t32-/m0/s1. The minimum absolute atomic E-state index is 0.107. The van der Waals surface area contributed by atoms with Crippen LogP contribution in [-0.4, -0.2) is 56.6 Å². The fourth-order valence-corrected chi connectivity index (χ4v) is 7.38. The van der Waals surface area contributed by atoms with Crippen molar-refractivity contribution < 1.29 is 18.0 Å². The average molecular weight is 622 g/mol. The Morgan fingerprint density at radius 3 is 2.19 bits per heavy atom. The molecule has 0 aromatic heterocycles. The highest BCUT2D eigenvalue weighted by atomic mass is 32.2. The summed E-state index contributed by atoms with van der Waals surface area (Å²) < 4.78 is 29.3. The lowest BCUT2D eigenvalue weighted by Gasteiger charge is -2.34. The third-order valence-corrected chi connectivity index (χ3v) is 10.6. The van der Waals surface area contributed by atoms with Crippen LogP contribution >= 0.6 is 11.8 Å². The van der Waals surface area contributed by atoms with Gasteiger partial charge in [0.05, 0.1) is 10.6 Å². The van der Waals surface area contributed by atoms with Crippen LogP contribution in [0.25, 0.3) is 0 Å². The fraction of sp³-hybridized carbons (Fsp3) is 0.412. The number of benzene rings is 3. The molecule has 9 heteroatoms. The van der Waals surface area contributed by atoms with Crippen molar-refractivity contribution in [1.29, 1.82) is 0 Å². The quantitative estimate of drug-likeness (QED) is 0.229. The molecule has 0 radical (unpaired) electrons. The number of sulfonamides is 1. The summed E-state index contributed by atoms with van der Waals surface area (Å²) in [4.78, 5) is 30.5. The lowest BCUT2D eigenvalue weighted by atomic mass is 9.95. The van der Waals surface area contributed by atoms with Gasteiger partial charge in [-0.15, -0.1) is 11.8 Å². The molecule has 1 aliphatic carbocycles. The molecule has 4 rings (SSSR count). The monoisotopic (exact) mass is 621 g/mol. The molecule has 0 saturated heterocycles. The first-order valence-corrected chi connectivity index (χ1v) is 17.8. The van der Waals surface area contributed by atoms with E-state index in [1.54, 1.807) is 41.3 Å². The summed E-state index contributed by atoms with van der Waals surface area (Å²) in [6.45, 7) is 3.70. The maximum absolute atomic E-state index is 14.2. The summed E-state index contributed by atoms with van der Waals surface area (Å²) in [5, 5.41) is 3.19. The molecule has 3 aromatic rings. The van der Waals surface area contributed by atoms with Crippen molar-refractivity contribution in [3.63, 3.8) is 0 Å². The van der Waals surface area contributed by atoms with Crippen molar-refractivity contribution in [1.82, 2.24) is 10.2 Å². The Kier molecular flexibility index (Phi) is 11.7. The predicted octanol–water partition coefficient (Wildman–Crippen LogP) is 6.21. The highest BCUT2D eigenvalue weighted by molar-refractivity contribution is 7.98. The normalized spacial score (nSPS) is 14.6. The first kappa shape index (κ1) is 32.6. The minimum Gasteiger partial charge on any atom is -0.352 e. The Hall–Kier alpha value is -3.30. The Balaban J connectivity index is 1.66. The first-order valence-electron chi connectivity index (χ1n) is 15.1. The van der Waals surface area contributed by atoms with E-state index in [9.17, 15) is 18.0 Å². The van der Waals surface area contributed by atoms with Gasteiger partial charge in [-0.1, -0.05) is 74.2 Å². The zero-order chi connectivity index (χ0) is 30.8. The van der Waals surface area contributed by atoms with Crippen molar-refractivity contribution in [3.8, 4) is 0 Å². The molecule has 1 aliphatic rings. The highest BCUT2D eigenvalue weighted by Crippen LogP contribution is 2.27. The predicted molar refractivity (Wildman–Crippen MR) is 175 cm³/mol. The average Bonchev–Trinajstić information content (AvgIpc) is 3.03. The van der Waals surface area contributed by atoms with Crippen LogP contribution in [-0.2, 0) is 26.0 Å². The van der Waals surface area contributed by atoms with Gasteiger partial charge in [0, 0.05) is 17.5 Å². The SMILES string of the molecule is CC[C@@H](C(=O)NC1CCCCC1)N(CCc1ccccc1)C(=O)CN(c1ccc(C)cc1)S(=O)(=O)c1ccc(SC)cc1. The number of carbonyl (C=O) groups excluding carboxylic acids is 2. The summed E-state index contributed by atoms with van der Waals surface area (Å²) in [5.41, 5.74) is 2.42. The lowest BCUT2D eigenvalue weighted by Crippen LogP contribution is -2.54. The van der Waals surface area contributed by atoms with Gasteiger partial charge in [0.15, 0.2) is 0 Å². The number of carbonyl (C=O) groups is 2. The Bertz CT molecular complexity index is 1440. The van der Waals surface area contributed by atoms with Gasteiger partial charge in [-0.05, 0) is 80.8 Å². The van der Waals surface area contributed by atoms with E-state index >= 15 is 0 Å². The number of aryl methyl sites for hydroxylation is 1.